The third kappa shape index (κ3) is 3.55. The summed E-state index contributed by atoms with van der Waals surface area (Å²) in [6, 6.07) is 0. The number of carbonyl (C=O) groups is 1. The molecule has 200 valence electrons. The summed E-state index contributed by atoms with van der Waals surface area (Å²) in [5.41, 5.74) is -6.19. The van der Waals surface area contributed by atoms with Crippen LogP contribution < -0.4 is 0 Å². The highest BCUT2D eigenvalue weighted by atomic mass is 16.3. The number of ketones is 1. The van der Waals surface area contributed by atoms with Gasteiger partial charge in [0.1, 0.15) is 5.60 Å². The van der Waals surface area contributed by atoms with Gasteiger partial charge in [-0.2, -0.15) is 0 Å². The van der Waals surface area contributed by atoms with Crippen molar-refractivity contribution in [3.8, 4) is 0 Å². The molecule has 0 bridgehead atoms. The molecule has 4 aliphatic rings. The van der Waals surface area contributed by atoms with Gasteiger partial charge in [0.05, 0.1) is 35.6 Å². The molecular weight excluding hydrogens is 452 g/mol. The zero-order valence-corrected chi connectivity index (χ0v) is 21.6. The van der Waals surface area contributed by atoms with Gasteiger partial charge in [-0.3, -0.25) is 4.79 Å². The molecule has 7 N–H and O–H groups in total. The molecule has 0 aromatic rings. The van der Waals surface area contributed by atoms with Crippen LogP contribution in [0.5, 0.6) is 0 Å². The van der Waals surface area contributed by atoms with E-state index in [4.69, 9.17) is 0 Å². The Morgan fingerprint density at radius 1 is 1.00 bits per heavy atom. The van der Waals surface area contributed by atoms with Crippen molar-refractivity contribution in [1.82, 2.24) is 0 Å². The van der Waals surface area contributed by atoms with Gasteiger partial charge in [0.25, 0.3) is 0 Å². The van der Waals surface area contributed by atoms with Gasteiger partial charge in [0.2, 0.25) is 0 Å². The molecule has 0 heterocycles. The molecule has 0 saturated heterocycles. The quantitative estimate of drug-likeness (QED) is 0.295. The highest BCUT2D eigenvalue weighted by Gasteiger charge is 2.71. The van der Waals surface area contributed by atoms with Crippen LogP contribution in [0, 0.1) is 28.6 Å². The van der Waals surface area contributed by atoms with Crippen molar-refractivity contribution in [2.75, 3.05) is 0 Å². The van der Waals surface area contributed by atoms with Gasteiger partial charge in [-0.15, -0.1) is 0 Å². The Morgan fingerprint density at radius 2 is 1.60 bits per heavy atom. The molecule has 35 heavy (non-hydrogen) atoms. The van der Waals surface area contributed by atoms with Crippen molar-refractivity contribution in [1.29, 1.82) is 0 Å². The van der Waals surface area contributed by atoms with Crippen LogP contribution in [-0.2, 0) is 4.79 Å². The molecule has 0 amide bonds. The number of carbonyl (C=O) groups excluding carboxylic acids is 1. The maximum atomic E-state index is 13.3. The summed E-state index contributed by atoms with van der Waals surface area (Å²) in [6.45, 7) is 8.92. The number of hydrogen-bond donors (Lipinski definition) is 7. The highest BCUT2D eigenvalue weighted by Crippen LogP contribution is 2.69. The lowest BCUT2D eigenvalue weighted by molar-refractivity contribution is -0.212. The Labute approximate surface area is 207 Å². The smallest absolute Gasteiger partial charge is 0.187 e. The summed E-state index contributed by atoms with van der Waals surface area (Å²) in [4.78, 5) is 13.3. The number of fused-ring (bicyclic) bond motifs is 5. The van der Waals surface area contributed by atoms with Gasteiger partial charge in [0.15, 0.2) is 5.78 Å². The van der Waals surface area contributed by atoms with E-state index in [2.05, 4.69) is 0 Å². The average Bonchev–Trinajstić information content (AvgIpc) is 3.03. The van der Waals surface area contributed by atoms with E-state index in [0.717, 1.165) is 0 Å². The predicted octanol–water partition coefficient (Wildman–Crippen LogP) is 0.825. The second-order valence-electron chi connectivity index (χ2n) is 13.0. The molecule has 8 heteroatoms. The normalized spacial score (nSPS) is 48.9. The molecule has 0 aromatic heterocycles. The lowest BCUT2D eigenvalue weighted by Gasteiger charge is -2.62. The first-order valence-corrected chi connectivity index (χ1v) is 13.1. The Morgan fingerprint density at radius 3 is 2.20 bits per heavy atom. The Bertz CT molecular complexity index is 900. The molecule has 3 fully saturated rings. The molecule has 8 nitrogen and oxygen atoms in total. The van der Waals surface area contributed by atoms with Gasteiger partial charge in [-0.1, -0.05) is 27.7 Å². The van der Waals surface area contributed by atoms with E-state index in [0.29, 0.717) is 31.3 Å². The van der Waals surface area contributed by atoms with Gasteiger partial charge < -0.3 is 35.7 Å². The highest BCUT2D eigenvalue weighted by molar-refractivity contribution is 6.00. The second-order valence-corrected chi connectivity index (χ2v) is 13.0. The van der Waals surface area contributed by atoms with E-state index in [1.54, 1.807) is 13.8 Å². The fourth-order valence-corrected chi connectivity index (χ4v) is 8.26. The fraction of sp³-hybridized carbons (Fsp3) is 0.889. The van der Waals surface area contributed by atoms with Crippen molar-refractivity contribution < 1.29 is 40.5 Å². The molecule has 0 radical (unpaired) electrons. The van der Waals surface area contributed by atoms with Crippen LogP contribution in [0.4, 0.5) is 0 Å². The third-order valence-corrected chi connectivity index (χ3v) is 10.9. The zero-order valence-electron chi connectivity index (χ0n) is 21.6. The molecule has 0 aliphatic heterocycles. The summed E-state index contributed by atoms with van der Waals surface area (Å²) < 4.78 is 0. The third-order valence-electron chi connectivity index (χ3n) is 10.9. The monoisotopic (exact) mass is 496 g/mol. The molecule has 3 saturated carbocycles. The molecule has 0 spiro atoms. The van der Waals surface area contributed by atoms with E-state index in [9.17, 15) is 40.5 Å². The van der Waals surface area contributed by atoms with Gasteiger partial charge in [0, 0.05) is 23.7 Å². The number of aliphatic hydroxyl groups is 7. The maximum Gasteiger partial charge on any atom is 0.187 e. The standard InChI is InChI=1S/C27H44O8/c1-14(2)17(28)11-21(31)25(5,33)20-7-9-26(34)16-10-22(32)27(35)13-19(30)18(29)12-24(27,4)15(16)6-8-23(20,26)3/h10,14-15,17-21,28-31,33-35H,6-9,11-13H2,1-5H3/t15-,17-,18-,19+,20-,21+,23+,24+,25+,26+,27+/m0/s1. The minimum Gasteiger partial charge on any atom is -0.393 e. The van der Waals surface area contributed by atoms with Crippen LogP contribution in [0.3, 0.4) is 0 Å². The number of rotatable bonds is 5. The first-order chi connectivity index (χ1) is 16.0. The molecular formula is C27H44O8. The van der Waals surface area contributed by atoms with Crippen LogP contribution in [0.25, 0.3) is 0 Å². The summed E-state index contributed by atoms with van der Waals surface area (Å²) in [6.07, 6.45) is -1.34. The first-order valence-electron chi connectivity index (χ1n) is 13.1. The second kappa shape index (κ2) is 8.32. The van der Waals surface area contributed by atoms with E-state index in [1.807, 2.05) is 20.8 Å². The topological polar surface area (TPSA) is 159 Å². The van der Waals surface area contributed by atoms with Gasteiger partial charge in [-0.25, -0.2) is 0 Å². The largest absolute Gasteiger partial charge is 0.393 e. The summed E-state index contributed by atoms with van der Waals surface area (Å²) in [5.74, 6) is -1.50. The number of hydrogen-bond acceptors (Lipinski definition) is 8. The van der Waals surface area contributed by atoms with Crippen LogP contribution in [0.15, 0.2) is 11.6 Å². The van der Waals surface area contributed by atoms with Gasteiger partial charge >= 0.3 is 0 Å². The van der Waals surface area contributed by atoms with E-state index < -0.39 is 63.8 Å². The van der Waals surface area contributed by atoms with Crippen molar-refractivity contribution in [2.24, 2.45) is 28.6 Å². The van der Waals surface area contributed by atoms with Crippen LogP contribution in [-0.4, -0.2) is 82.7 Å². The van der Waals surface area contributed by atoms with Crippen molar-refractivity contribution in [2.45, 2.75) is 121 Å². The summed E-state index contributed by atoms with van der Waals surface area (Å²) in [5, 5.41) is 77.2. The minimum absolute atomic E-state index is 0.0187. The lowest BCUT2D eigenvalue weighted by Crippen LogP contribution is -2.69. The van der Waals surface area contributed by atoms with Crippen molar-refractivity contribution in [3.63, 3.8) is 0 Å². The SMILES string of the molecule is CC(C)[C@@H](O)C[C@@H](O)[C@](C)(O)[C@H]1CC[C@@]2(O)C3=CC(=O)[C@]4(O)C[C@@H](O)[C@@H](O)C[C@]4(C)[C@H]3CC[C@]12C. The molecule has 4 aliphatic carbocycles. The molecule has 0 aromatic carbocycles. The van der Waals surface area contributed by atoms with E-state index >= 15 is 0 Å². The van der Waals surface area contributed by atoms with Crippen LogP contribution in [0.2, 0.25) is 0 Å². The molecule has 0 unspecified atom stereocenters. The Kier molecular flexibility index (Phi) is 6.46. The summed E-state index contributed by atoms with van der Waals surface area (Å²) in [7, 11) is 0. The van der Waals surface area contributed by atoms with Crippen molar-refractivity contribution in [3.05, 3.63) is 11.6 Å². The summed E-state index contributed by atoms with van der Waals surface area (Å²) >= 11 is 0. The predicted molar refractivity (Wildman–Crippen MR) is 128 cm³/mol. The fourth-order valence-electron chi connectivity index (χ4n) is 8.26. The van der Waals surface area contributed by atoms with E-state index in [-0.39, 0.29) is 31.1 Å². The first kappa shape index (κ1) is 27.2. The van der Waals surface area contributed by atoms with E-state index in [1.165, 1.54) is 6.08 Å². The minimum atomic E-state index is -1.82. The number of aliphatic hydroxyl groups excluding tert-OH is 4. The lowest BCUT2D eigenvalue weighted by atomic mass is 9.44. The molecule has 11 atom stereocenters. The molecule has 4 rings (SSSR count). The Balaban J connectivity index is 1.71. The zero-order chi connectivity index (χ0) is 26.4. The maximum absolute atomic E-state index is 13.3. The van der Waals surface area contributed by atoms with Gasteiger partial charge in [-0.05, 0) is 68.4 Å². The average molecular weight is 497 g/mol. The van der Waals surface area contributed by atoms with Crippen LogP contribution >= 0.6 is 0 Å². The Hall–Kier alpha value is -0.870. The van der Waals surface area contributed by atoms with Crippen LogP contribution in [0.1, 0.15) is 79.6 Å². The van der Waals surface area contributed by atoms with Crippen molar-refractivity contribution >= 4 is 5.78 Å².